The molecule has 2 atom stereocenters. The number of carbonyl (C=O) groups is 1. The summed E-state index contributed by atoms with van der Waals surface area (Å²) in [4.78, 5) is 12.2. The number of aromatic nitrogens is 2. The zero-order chi connectivity index (χ0) is 17.1. The number of halogens is 1. The topological polar surface area (TPSA) is 88.2 Å². The minimum atomic E-state index is -0.568. The minimum Gasteiger partial charge on any atom is -0.426 e. The van der Waals surface area contributed by atoms with Crippen LogP contribution in [0.25, 0.3) is 0 Å². The lowest BCUT2D eigenvalue weighted by molar-refractivity contribution is 0.0936. The van der Waals surface area contributed by atoms with Gasteiger partial charge in [0.1, 0.15) is 5.82 Å². The molecule has 24 heavy (non-hydrogen) atoms. The van der Waals surface area contributed by atoms with Gasteiger partial charge in [0, 0.05) is 30.5 Å². The second-order valence-corrected chi connectivity index (χ2v) is 6.23. The third-order valence-electron chi connectivity index (χ3n) is 4.39. The Morgan fingerprint density at radius 2 is 2.25 bits per heavy atom. The molecule has 0 saturated heterocycles. The maximum absolute atomic E-state index is 13.7. The van der Waals surface area contributed by atoms with Gasteiger partial charge >= 0.3 is 0 Å². The number of hydrogen-bond acceptors (Lipinski definition) is 5. The van der Waals surface area contributed by atoms with E-state index in [1.54, 1.807) is 6.92 Å². The number of aliphatic hydroxyl groups excluding tert-OH is 1. The first-order chi connectivity index (χ1) is 11.5. The van der Waals surface area contributed by atoms with Crippen LogP contribution in [0.15, 0.2) is 22.6 Å². The lowest BCUT2D eigenvalue weighted by Gasteiger charge is -2.13. The van der Waals surface area contributed by atoms with Crippen molar-refractivity contribution in [3.63, 3.8) is 0 Å². The van der Waals surface area contributed by atoms with E-state index in [-0.39, 0.29) is 29.7 Å². The van der Waals surface area contributed by atoms with Crippen molar-refractivity contribution in [2.24, 2.45) is 5.92 Å². The first-order valence-corrected chi connectivity index (χ1v) is 8.04. The number of rotatable bonds is 5. The van der Waals surface area contributed by atoms with Gasteiger partial charge in [0.25, 0.3) is 5.91 Å². The quantitative estimate of drug-likeness (QED) is 0.875. The van der Waals surface area contributed by atoms with Crippen molar-refractivity contribution in [2.45, 2.75) is 45.3 Å². The van der Waals surface area contributed by atoms with E-state index in [1.165, 1.54) is 12.1 Å². The van der Waals surface area contributed by atoms with E-state index in [2.05, 4.69) is 15.5 Å². The number of aryl methyl sites for hydroxylation is 1. The summed E-state index contributed by atoms with van der Waals surface area (Å²) in [6.45, 7) is 1.38. The maximum Gasteiger partial charge on any atom is 0.251 e. The number of nitrogens with zero attached hydrogens (tertiary/aromatic N) is 2. The molecule has 3 rings (SSSR count). The second-order valence-electron chi connectivity index (χ2n) is 6.23. The highest BCUT2D eigenvalue weighted by Crippen LogP contribution is 2.28. The summed E-state index contributed by atoms with van der Waals surface area (Å²) in [5.74, 6) is 0.717. The highest BCUT2D eigenvalue weighted by Gasteiger charge is 2.27. The Labute approximate surface area is 139 Å². The molecule has 0 unspecified atom stereocenters. The average molecular weight is 333 g/mol. The van der Waals surface area contributed by atoms with Gasteiger partial charge in [0.05, 0.1) is 6.61 Å². The van der Waals surface area contributed by atoms with Gasteiger partial charge in [-0.1, -0.05) is 6.07 Å². The first kappa shape index (κ1) is 16.6. The fourth-order valence-corrected chi connectivity index (χ4v) is 3.14. The molecule has 1 saturated carbocycles. The summed E-state index contributed by atoms with van der Waals surface area (Å²) < 4.78 is 19.1. The maximum atomic E-state index is 13.7. The van der Waals surface area contributed by atoms with E-state index in [1.807, 2.05) is 0 Å². The standard InChI is InChI=1S/C17H20FN3O3/c1-10-20-21-16(24-10)7-11-2-5-14(6-11)19-17(23)12-3-4-13(9-22)15(18)8-12/h3-4,8,11,14,22H,2,5-7,9H2,1H3,(H,19,23)/t11-,14+/m1/s1. The molecule has 6 nitrogen and oxygen atoms in total. The van der Waals surface area contributed by atoms with E-state index < -0.39 is 5.82 Å². The van der Waals surface area contributed by atoms with Gasteiger partial charge in [0.2, 0.25) is 11.8 Å². The van der Waals surface area contributed by atoms with Crippen LogP contribution >= 0.6 is 0 Å². The van der Waals surface area contributed by atoms with Crippen molar-refractivity contribution in [3.05, 3.63) is 46.9 Å². The van der Waals surface area contributed by atoms with Crippen molar-refractivity contribution in [1.82, 2.24) is 15.5 Å². The number of carbonyl (C=O) groups excluding carboxylic acids is 1. The highest BCUT2D eigenvalue weighted by molar-refractivity contribution is 5.94. The average Bonchev–Trinajstić information content (AvgIpc) is 3.16. The Bertz CT molecular complexity index is 732. The van der Waals surface area contributed by atoms with Crippen LogP contribution in [0.5, 0.6) is 0 Å². The molecule has 1 amide bonds. The van der Waals surface area contributed by atoms with Gasteiger partial charge in [-0.25, -0.2) is 4.39 Å². The van der Waals surface area contributed by atoms with Gasteiger partial charge in [-0.15, -0.1) is 10.2 Å². The molecule has 1 aliphatic carbocycles. The van der Waals surface area contributed by atoms with Crippen LogP contribution in [0.2, 0.25) is 0 Å². The number of hydrogen-bond donors (Lipinski definition) is 2. The lowest BCUT2D eigenvalue weighted by atomic mass is 10.0. The number of aliphatic hydroxyl groups is 1. The summed E-state index contributed by atoms with van der Waals surface area (Å²) in [6.07, 6.45) is 3.41. The molecule has 0 radical (unpaired) electrons. The number of benzene rings is 1. The minimum absolute atomic E-state index is 0.0621. The Morgan fingerprint density at radius 3 is 2.92 bits per heavy atom. The molecular formula is C17H20FN3O3. The predicted molar refractivity (Wildman–Crippen MR) is 83.7 cm³/mol. The first-order valence-electron chi connectivity index (χ1n) is 8.04. The highest BCUT2D eigenvalue weighted by atomic mass is 19.1. The molecule has 7 heteroatoms. The summed E-state index contributed by atoms with van der Waals surface area (Å²) in [5.41, 5.74) is 0.447. The molecule has 128 valence electrons. The van der Waals surface area contributed by atoms with Crippen LogP contribution in [-0.4, -0.2) is 27.3 Å². The zero-order valence-electron chi connectivity index (χ0n) is 13.5. The smallest absolute Gasteiger partial charge is 0.251 e. The van der Waals surface area contributed by atoms with Crippen molar-refractivity contribution in [3.8, 4) is 0 Å². The molecule has 2 N–H and O–H groups in total. The zero-order valence-corrected chi connectivity index (χ0v) is 13.5. The lowest BCUT2D eigenvalue weighted by Crippen LogP contribution is -2.33. The molecule has 0 bridgehead atoms. The van der Waals surface area contributed by atoms with Crippen LogP contribution in [0.3, 0.4) is 0 Å². The fraction of sp³-hybridized carbons (Fsp3) is 0.471. The van der Waals surface area contributed by atoms with Crippen molar-refractivity contribution in [1.29, 1.82) is 0 Å². The van der Waals surface area contributed by atoms with E-state index in [0.717, 1.165) is 25.3 Å². The van der Waals surface area contributed by atoms with E-state index in [9.17, 15) is 9.18 Å². The van der Waals surface area contributed by atoms with Gasteiger partial charge < -0.3 is 14.8 Å². The molecule has 1 fully saturated rings. The Balaban J connectivity index is 1.55. The van der Waals surface area contributed by atoms with Gasteiger partial charge in [-0.2, -0.15) is 0 Å². The molecule has 1 aliphatic rings. The SMILES string of the molecule is Cc1nnc(C[C@@H]2CC[C@H](NC(=O)c3ccc(CO)c(F)c3)C2)o1. The van der Waals surface area contributed by atoms with Gasteiger partial charge in [-0.3, -0.25) is 4.79 Å². The monoisotopic (exact) mass is 333 g/mol. The number of amides is 1. The van der Waals surface area contributed by atoms with E-state index >= 15 is 0 Å². The second kappa shape index (κ2) is 7.09. The van der Waals surface area contributed by atoms with E-state index in [0.29, 0.717) is 24.1 Å². The van der Waals surface area contributed by atoms with Crippen LogP contribution in [0.4, 0.5) is 4.39 Å². The van der Waals surface area contributed by atoms with Crippen molar-refractivity contribution in [2.75, 3.05) is 0 Å². The summed E-state index contributed by atoms with van der Waals surface area (Å²) in [5, 5.41) is 19.7. The largest absolute Gasteiger partial charge is 0.426 e. The van der Waals surface area contributed by atoms with Gasteiger partial charge in [0.15, 0.2) is 0 Å². The Hall–Kier alpha value is -2.28. The summed E-state index contributed by atoms with van der Waals surface area (Å²) >= 11 is 0. The van der Waals surface area contributed by atoms with Crippen LogP contribution in [-0.2, 0) is 13.0 Å². The van der Waals surface area contributed by atoms with Crippen LogP contribution < -0.4 is 5.32 Å². The molecular weight excluding hydrogens is 313 g/mol. The van der Waals surface area contributed by atoms with Crippen molar-refractivity contribution < 1.29 is 18.7 Å². The molecule has 0 spiro atoms. The van der Waals surface area contributed by atoms with Crippen molar-refractivity contribution >= 4 is 5.91 Å². The van der Waals surface area contributed by atoms with E-state index in [4.69, 9.17) is 9.52 Å². The third-order valence-corrected chi connectivity index (χ3v) is 4.39. The summed E-state index contributed by atoms with van der Waals surface area (Å²) in [7, 11) is 0. The van der Waals surface area contributed by atoms with Crippen LogP contribution in [0, 0.1) is 18.7 Å². The fourth-order valence-electron chi connectivity index (χ4n) is 3.14. The summed E-state index contributed by atoms with van der Waals surface area (Å²) in [6, 6.07) is 4.18. The molecule has 0 aliphatic heterocycles. The molecule has 1 aromatic heterocycles. The Morgan fingerprint density at radius 1 is 1.42 bits per heavy atom. The molecule has 2 aromatic rings. The normalized spacial score (nSPS) is 20.3. The molecule has 1 aromatic carbocycles. The number of nitrogens with one attached hydrogen (secondary N) is 1. The third kappa shape index (κ3) is 3.79. The molecule has 1 heterocycles. The Kier molecular flexibility index (Phi) is 4.89. The van der Waals surface area contributed by atoms with Crippen LogP contribution in [0.1, 0.15) is 47.0 Å². The predicted octanol–water partition coefficient (Wildman–Crippen LogP) is 2.15. The van der Waals surface area contributed by atoms with Gasteiger partial charge in [-0.05, 0) is 37.3 Å².